The zero-order chi connectivity index (χ0) is 24.2. The Labute approximate surface area is 198 Å². The number of nitrogens with zero attached hydrogens (tertiary/aromatic N) is 1. The number of aryl methyl sites for hydroxylation is 1. The summed E-state index contributed by atoms with van der Waals surface area (Å²) in [6.07, 6.45) is 5.60. The third kappa shape index (κ3) is 7.85. The first-order chi connectivity index (χ1) is 16.5. The number of benzene rings is 3. The van der Waals surface area contributed by atoms with E-state index in [0.717, 1.165) is 42.7 Å². The van der Waals surface area contributed by atoms with Gasteiger partial charge in [-0.15, -0.1) is 0 Å². The molecule has 1 amide bonds. The van der Waals surface area contributed by atoms with E-state index in [4.69, 9.17) is 10.5 Å². The molecule has 0 saturated heterocycles. The zero-order valence-corrected chi connectivity index (χ0v) is 18.7. The lowest BCUT2D eigenvalue weighted by atomic mass is 10.1. The van der Waals surface area contributed by atoms with Gasteiger partial charge in [0.25, 0.3) is 5.91 Å². The van der Waals surface area contributed by atoms with Crippen molar-refractivity contribution >= 4 is 11.7 Å². The van der Waals surface area contributed by atoms with E-state index in [1.54, 1.807) is 0 Å². The fourth-order valence-corrected chi connectivity index (χ4v) is 3.22. The molecule has 0 fully saturated rings. The third-order valence-corrected chi connectivity index (χ3v) is 4.98. The molecule has 0 radical (unpaired) electrons. The molecule has 3 N–H and O–H groups in total. The van der Waals surface area contributed by atoms with Crippen LogP contribution >= 0.6 is 0 Å². The van der Waals surface area contributed by atoms with Crippen LogP contribution in [0, 0.1) is 11.6 Å². The van der Waals surface area contributed by atoms with Crippen LogP contribution in [0.15, 0.2) is 90.1 Å². The summed E-state index contributed by atoms with van der Waals surface area (Å²) in [7, 11) is 0. The van der Waals surface area contributed by atoms with Crippen molar-refractivity contribution in [2.75, 3.05) is 13.2 Å². The fraction of sp³-hybridized carbons (Fsp3) is 0.185. The van der Waals surface area contributed by atoms with Gasteiger partial charge in [-0.1, -0.05) is 48.5 Å². The zero-order valence-electron chi connectivity index (χ0n) is 18.7. The first-order valence-electron chi connectivity index (χ1n) is 11.0. The molecule has 0 saturated carbocycles. The predicted octanol–water partition coefficient (Wildman–Crippen LogP) is 4.82. The smallest absolute Gasteiger partial charge is 0.284 e. The molecule has 0 atom stereocenters. The van der Waals surface area contributed by atoms with Crippen LogP contribution < -0.4 is 15.8 Å². The lowest BCUT2D eigenvalue weighted by Crippen LogP contribution is -2.15. The number of amides is 1. The molecule has 0 aromatic heterocycles. The minimum absolute atomic E-state index is 0.158. The van der Waals surface area contributed by atoms with Gasteiger partial charge in [0.05, 0.1) is 6.61 Å². The normalized spacial score (nSPS) is 11.5. The lowest BCUT2D eigenvalue weighted by molar-refractivity contribution is 0.0995. The second kappa shape index (κ2) is 12.9. The highest BCUT2D eigenvalue weighted by molar-refractivity contribution is 6.06. The summed E-state index contributed by atoms with van der Waals surface area (Å²) in [5, 5.41) is 3.04. The van der Waals surface area contributed by atoms with Gasteiger partial charge in [-0.3, -0.25) is 4.79 Å². The van der Waals surface area contributed by atoms with Crippen molar-refractivity contribution in [3.63, 3.8) is 0 Å². The number of hydrogen-bond donors (Lipinski definition) is 2. The SMILES string of the molecule is NC(/C=C\NCCc1ccc(OCCCc2ccccc2)cc1)=NC(=O)c1c(F)cccc1F. The van der Waals surface area contributed by atoms with Gasteiger partial charge >= 0.3 is 0 Å². The monoisotopic (exact) mass is 463 g/mol. The molecule has 0 aliphatic carbocycles. The van der Waals surface area contributed by atoms with Crippen LogP contribution in [-0.2, 0) is 12.8 Å². The molecule has 5 nitrogen and oxygen atoms in total. The molecule has 0 aliphatic heterocycles. The minimum atomic E-state index is -1.07. The van der Waals surface area contributed by atoms with Crippen molar-refractivity contribution in [1.29, 1.82) is 0 Å². The van der Waals surface area contributed by atoms with Gasteiger partial charge in [-0.25, -0.2) is 8.78 Å². The van der Waals surface area contributed by atoms with Crippen LogP contribution in [0.2, 0.25) is 0 Å². The molecule has 0 heterocycles. The Hall–Kier alpha value is -4.00. The summed E-state index contributed by atoms with van der Waals surface area (Å²) in [6.45, 7) is 1.28. The first kappa shape index (κ1) is 24.6. The Morgan fingerprint density at radius 1 is 0.912 bits per heavy atom. The summed E-state index contributed by atoms with van der Waals surface area (Å²) >= 11 is 0. The average Bonchev–Trinajstić information content (AvgIpc) is 2.83. The van der Waals surface area contributed by atoms with Crippen molar-refractivity contribution < 1.29 is 18.3 Å². The second-order valence-corrected chi connectivity index (χ2v) is 7.56. The van der Waals surface area contributed by atoms with Gasteiger partial charge in [0.2, 0.25) is 0 Å². The van der Waals surface area contributed by atoms with E-state index in [9.17, 15) is 13.6 Å². The molecule has 3 aromatic rings. The Morgan fingerprint density at radius 2 is 1.59 bits per heavy atom. The van der Waals surface area contributed by atoms with E-state index in [1.807, 2.05) is 42.5 Å². The van der Waals surface area contributed by atoms with Crippen molar-refractivity contribution in [3.05, 3.63) is 113 Å². The van der Waals surface area contributed by atoms with Crippen LogP contribution in [0.4, 0.5) is 8.78 Å². The van der Waals surface area contributed by atoms with E-state index >= 15 is 0 Å². The second-order valence-electron chi connectivity index (χ2n) is 7.56. The molecule has 3 rings (SSSR count). The van der Waals surface area contributed by atoms with E-state index in [2.05, 4.69) is 22.4 Å². The van der Waals surface area contributed by atoms with Crippen LogP contribution in [0.5, 0.6) is 5.75 Å². The van der Waals surface area contributed by atoms with Crippen molar-refractivity contribution in [2.24, 2.45) is 10.7 Å². The molecule has 0 unspecified atom stereocenters. The molecular formula is C27H27F2N3O2. The maximum Gasteiger partial charge on any atom is 0.284 e. The van der Waals surface area contributed by atoms with Crippen molar-refractivity contribution in [2.45, 2.75) is 19.3 Å². The van der Waals surface area contributed by atoms with Crippen molar-refractivity contribution in [3.8, 4) is 5.75 Å². The van der Waals surface area contributed by atoms with E-state index in [1.165, 1.54) is 23.9 Å². The molecular weight excluding hydrogens is 436 g/mol. The Balaban J connectivity index is 1.36. The number of nitrogens with two attached hydrogens (primary N) is 1. The topological polar surface area (TPSA) is 76.7 Å². The van der Waals surface area contributed by atoms with Gasteiger partial charge in [-0.2, -0.15) is 4.99 Å². The molecule has 7 heteroatoms. The predicted molar refractivity (Wildman–Crippen MR) is 130 cm³/mol. The van der Waals surface area contributed by atoms with Crippen molar-refractivity contribution in [1.82, 2.24) is 5.32 Å². The van der Waals surface area contributed by atoms with Gasteiger partial charge in [-0.05, 0) is 60.7 Å². The Kier molecular flexibility index (Phi) is 9.34. The highest BCUT2D eigenvalue weighted by Crippen LogP contribution is 2.14. The molecule has 34 heavy (non-hydrogen) atoms. The average molecular weight is 464 g/mol. The number of nitrogens with one attached hydrogen (secondary N) is 1. The number of aliphatic imine (C=N–C) groups is 1. The maximum atomic E-state index is 13.6. The highest BCUT2D eigenvalue weighted by Gasteiger charge is 2.16. The number of halogens is 2. The molecule has 176 valence electrons. The molecule has 0 bridgehead atoms. The van der Waals surface area contributed by atoms with Crippen LogP contribution in [0.1, 0.15) is 27.9 Å². The lowest BCUT2D eigenvalue weighted by Gasteiger charge is -2.08. The minimum Gasteiger partial charge on any atom is -0.494 e. The van der Waals surface area contributed by atoms with Crippen LogP contribution in [0.3, 0.4) is 0 Å². The highest BCUT2D eigenvalue weighted by atomic mass is 19.1. The van der Waals surface area contributed by atoms with Crippen LogP contribution in [-0.4, -0.2) is 24.9 Å². The Morgan fingerprint density at radius 3 is 2.29 bits per heavy atom. The number of amidine groups is 1. The van der Waals surface area contributed by atoms with E-state index in [-0.39, 0.29) is 5.84 Å². The number of carbonyl (C=O) groups is 1. The summed E-state index contributed by atoms with van der Waals surface area (Å²) in [4.78, 5) is 15.5. The summed E-state index contributed by atoms with van der Waals surface area (Å²) in [5.74, 6) is -2.35. The number of hydrogen-bond acceptors (Lipinski definition) is 3. The third-order valence-electron chi connectivity index (χ3n) is 4.98. The van der Waals surface area contributed by atoms with Gasteiger partial charge in [0.1, 0.15) is 28.8 Å². The summed E-state index contributed by atoms with van der Waals surface area (Å²) in [5.41, 5.74) is 7.36. The molecule has 0 spiro atoms. The number of ether oxygens (including phenoxy) is 1. The largest absolute Gasteiger partial charge is 0.494 e. The van der Waals surface area contributed by atoms with Gasteiger partial charge in [0, 0.05) is 12.7 Å². The quantitative estimate of drug-likeness (QED) is 0.243. The molecule has 3 aromatic carbocycles. The number of rotatable bonds is 11. The van der Waals surface area contributed by atoms with Gasteiger partial charge < -0.3 is 15.8 Å². The van der Waals surface area contributed by atoms with E-state index in [0.29, 0.717) is 13.2 Å². The molecule has 0 aliphatic rings. The standard InChI is InChI=1S/C27H27F2N3O2/c28-23-9-4-10-24(29)26(23)27(33)32-25(30)16-18-31-17-15-21-11-13-22(14-12-21)34-19-5-8-20-6-2-1-3-7-20/h1-4,6-7,9-14,16,18,31H,5,8,15,17,19H2,(H2,30,32,33)/b18-16-. The summed E-state index contributed by atoms with van der Waals surface area (Å²) < 4.78 is 33.0. The maximum absolute atomic E-state index is 13.6. The van der Waals surface area contributed by atoms with Gasteiger partial charge in [0.15, 0.2) is 0 Å². The van der Waals surface area contributed by atoms with E-state index < -0.39 is 23.1 Å². The number of carbonyl (C=O) groups excluding carboxylic acids is 1. The summed E-state index contributed by atoms with van der Waals surface area (Å²) in [6, 6.07) is 21.4. The van der Waals surface area contributed by atoms with Crippen LogP contribution in [0.25, 0.3) is 0 Å². The Bertz CT molecular complexity index is 1110. The first-order valence-corrected chi connectivity index (χ1v) is 11.0. The fourth-order valence-electron chi connectivity index (χ4n) is 3.22.